The van der Waals surface area contributed by atoms with Crippen LogP contribution < -0.4 is 10.1 Å². The molecule has 1 aliphatic carbocycles. The highest BCUT2D eigenvalue weighted by Gasteiger charge is 2.61. The molecular weight excluding hydrogens is 368 g/mol. The van der Waals surface area contributed by atoms with Gasteiger partial charge >= 0.3 is 6.09 Å². The van der Waals surface area contributed by atoms with Crippen LogP contribution in [0.3, 0.4) is 0 Å². The topological polar surface area (TPSA) is 67.9 Å². The minimum absolute atomic E-state index is 0.00282. The number of piperidine rings is 1. The van der Waals surface area contributed by atoms with E-state index in [0.29, 0.717) is 19.7 Å². The summed E-state index contributed by atoms with van der Waals surface area (Å²) in [5.41, 5.74) is 0.305. The number of para-hydroxylation sites is 1. The van der Waals surface area contributed by atoms with Crippen molar-refractivity contribution in [3.05, 3.63) is 29.8 Å². The van der Waals surface area contributed by atoms with E-state index < -0.39 is 5.60 Å². The molecule has 0 bridgehead atoms. The van der Waals surface area contributed by atoms with E-state index in [1.54, 1.807) is 4.90 Å². The van der Waals surface area contributed by atoms with Crippen LogP contribution in [-0.2, 0) is 9.53 Å². The third kappa shape index (κ3) is 3.94. The van der Waals surface area contributed by atoms with Gasteiger partial charge in [0.1, 0.15) is 11.4 Å². The molecule has 1 N–H and O–H groups in total. The Labute approximate surface area is 172 Å². The summed E-state index contributed by atoms with van der Waals surface area (Å²) in [4.78, 5) is 27.0. The second kappa shape index (κ2) is 6.92. The molecule has 6 heteroatoms. The Morgan fingerprint density at radius 1 is 1.10 bits per heavy atom. The lowest BCUT2D eigenvalue weighted by atomic mass is 9.78. The predicted octanol–water partition coefficient (Wildman–Crippen LogP) is 3.56. The molecule has 6 nitrogen and oxygen atoms in total. The van der Waals surface area contributed by atoms with Crippen LogP contribution in [0, 0.1) is 17.8 Å². The van der Waals surface area contributed by atoms with E-state index >= 15 is 0 Å². The maximum absolute atomic E-state index is 13.0. The summed E-state index contributed by atoms with van der Waals surface area (Å²) in [7, 11) is 0. The van der Waals surface area contributed by atoms with Crippen molar-refractivity contribution in [2.75, 3.05) is 19.7 Å². The van der Waals surface area contributed by atoms with E-state index in [1.807, 2.05) is 39.0 Å². The van der Waals surface area contributed by atoms with Crippen molar-refractivity contribution in [2.24, 2.45) is 17.8 Å². The smallest absolute Gasteiger partial charge is 0.410 e. The third-order valence-corrected chi connectivity index (χ3v) is 6.42. The predicted molar refractivity (Wildman–Crippen MR) is 110 cm³/mol. The summed E-state index contributed by atoms with van der Waals surface area (Å²) < 4.78 is 11.2. The summed E-state index contributed by atoms with van der Waals surface area (Å²) in [5, 5.41) is 3.31. The molecule has 4 atom stereocenters. The minimum Gasteiger partial charge on any atom is -0.493 e. The maximum atomic E-state index is 13.0. The Kier molecular flexibility index (Phi) is 4.79. The van der Waals surface area contributed by atoms with Crippen molar-refractivity contribution in [2.45, 2.75) is 58.1 Å². The van der Waals surface area contributed by atoms with Gasteiger partial charge in [-0.3, -0.25) is 4.79 Å². The van der Waals surface area contributed by atoms with Crippen molar-refractivity contribution in [3.8, 4) is 5.75 Å². The Morgan fingerprint density at radius 3 is 2.41 bits per heavy atom. The number of carbonyl (C=O) groups excluding carboxylic acids is 2. The van der Waals surface area contributed by atoms with Crippen molar-refractivity contribution in [1.29, 1.82) is 0 Å². The molecule has 1 aromatic rings. The molecule has 0 aromatic heterocycles. The Bertz CT molecular complexity index is 801. The highest BCUT2D eigenvalue weighted by molar-refractivity contribution is 5.84. The molecule has 4 rings (SSSR count). The van der Waals surface area contributed by atoms with Gasteiger partial charge < -0.3 is 19.7 Å². The molecule has 29 heavy (non-hydrogen) atoms. The van der Waals surface area contributed by atoms with Gasteiger partial charge in [0, 0.05) is 30.5 Å². The van der Waals surface area contributed by atoms with Gasteiger partial charge in [0.25, 0.3) is 0 Å². The number of rotatable bonds is 3. The van der Waals surface area contributed by atoms with Crippen molar-refractivity contribution in [3.63, 3.8) is 0 Å². The molecule has 0 spiro atoms. The lowest BCUT2D eigenvalue weighted by molar-refractivity contribution is -0.125. The zero-order valence-corrected chi connectivity index (χ0v) is 18.0. The number of hydrogen-bond acceptors (Lipinski definition) is 4. The normalized spacial score (nSPS) is 28.1. The lowest BCUT2D eigenvalue weighted by Crippen LogP contribution is -2.50. The number of nitrogens with one attached hydrogen (secondary N) is 1. The second-order valence-electron chi connectivity index (χ2n) is 10.2. The van der Waals surface area contributed by atoms with Crippen LogP contribution in [-0.4, -0.2) is 47.7 Å². The summed E-state index contributed by atoms with van der Waals surface area (Å²) in [6.45, 7) is 11.7. The van der Waals surface area contributed by atoms with Crippen LogP contribution >= 0.6 is 0 Å². The summed E-state index contributed by atoms with van der Waals surface area (Å²) in [6, 6.07) is 8.09. The van der Waals surface area contributed by atoms with E-state index in [9.17, 15) is 9.59 Å². The van der Waals surface area contributed by atoms with E-state index in [4.69, 9.17) is 9.47 Å². The summed E-state index contributed by atoms with van der Waals surface area (Å²) >= 11 is 0. The molecule has 2 unspecified atom stereocenters. The molecular formula is C23H32N2O4. The van der Waals surface area contributed by atoms with Gasteiger partial charge in [-0.1, -0.05) is 18.2 Å². The number of hydrogen-bond donors (Lipinski definition) is 1. The van der Waals surface area contributed by atoms with Gasteiger partial charge in [0.2, 0.25) is 5.91 Å². The van der Waals surface area contributed by atoms with Crippen LogP contribution in [0.4, 0.5) is 4.79 Å². The fourth-order valence-electron chi connectivity index (χ4n) is 4.97. The number of fused-ring (bicyclic) bond motifs is 2. The fourth-order valence-corrected chi connectivity index (χ4v) is 4.97. The largest absolute Gasteiger partial charge is 0.493 e. The van der Waals surface area contributed by atoms with E-state index in [-0.39, 0.29) is 41.2 Å². The third-order valence-electron chi connectivity index (χ3n) is 6.42. The Hall–Kier alpha value is -2.24. The average molecular weight is 401 g/mol. The van der Waals surface area contributed by atoms with Crippen molar-refractivity contribution < 1.29 is 19.1 Å². The lowest BCUT2D eigenvalue weighted by Gasteiger charge is -2.39. The molecule has 0 radical (unpaired) electrons. The van der Waals surface area contributed by atoms with Crippen LogP contribution in [0.2, 0.25) is 0 Å². The van der Waals surface area contributed by atoms with Gasteiger partial charge in [-0.15, -0.1) is 0 Å². The Morgan fingerprint density at radius 2 is 1.76 bits per heavy atom. The number of amides is 2. The van der Waals surface area contributed by atoms with Crippen LogP contribution in [0.1, 0.15) is 52.5 Å². The average Bonchev–Trinajstić information content (AvgIpc) is 3.13. The Balaban J connectivity index is 1.35. The highest BCUT2D eigenvalue weighted by atomic mass is 16.6. The monoisotopic (exact) mass is 400 g/mol. The molecule has 1 aromatic carbocycles. The summed E-state index contributed by atoms with van der Waals surface area (Å²) in [5.74, 6) is 1.75. The van der Waals surface area contributed by atoms with E-state index in [1.165, 1.54) is 0 Å². The number of likely N-dealkylation sites (tertiary alicyclic amines) is 1. The first-order valence-corrected chi connectivity index (χ1v) is 10.6. The van der Waals surface area contributed by atoms with Crippen LogP contribution in [0.5, 0.6) is 5.75 Å². The van der Waals surface area contributed by atoms with Crippen LogP contribution in [0.15, 0.2) is 24.3 Å². The maximum Gasteiger partial charge on any atom is 0.410 e. The zero-order valence-electron chi connectivity index (χ0n) is 18.0. The van der Waals surface area contributed by atoms with E-state index in [2.05, 4.69) is 25.2 Å². The number of ether oxygens (including phenoxy) is 2. The SMILES string of the molecule is CC(C)(C)OC(=O)N1C[C@@H]2C(C(=O)NC(C)(C)C3CCOc4ccccc43)[C@@H]2C1. The highest BCUT2D eigenvalue weighted by Crippen LogP contribution is 2.52. The minimum atomic E-state index is -0.495. The molecule has 2 aliphatic heterocycles. The van der Waals surface area contributed by atoms with Gasteiger partial charge in [-0.05, 0) is 64.5 Å². The number of carbonyl (C=O) groups is 2. The first kappa shape index (κ1) is 20.0. The van der Waals surface area contributed by atoms with E-state index in [0.717, 1.165) is 17.7 Å². The molecule has 158 valence electrons. The molecule has 2 heterocycles. The van der Waals surface area contributed by atoms with Crippen molar-refractivity contribution in [1.82, 2.24) is 10.2 Å². The fraction of sp³-hybridized carbons (Fsp3) is 0.652. The first-order chi connectivity index (χ1) is 13.6. The molecule has 1 saturated heterocycles. The molecule has 3 aliphatic rings. The quantitative estimate of drug-likeness (QED) is 0.842. The summed E-state index contributed by atoms with van der Waals surface area (Å²) in [6.07, 6.45) is 0.608. The standard InChI is InChI=1S/C23H32N2O4/c1-22(2,3)29-21(27)25-12-15-16(13-25)19(15)20(26)24-23(4,5)17-10-11-28-18-9-7-6-8-14(17)18/h6-9,15-17,19H,10-13H2,1-5H3,(H,24,26)/t15-,16+,17?,19?. The van der Waals surface area contributed by atoms with Gasteiger partial charge in [-0.2, -0.15) is 0 Å². The second-order valence-corrected chi connectivity index (χ2v) is 10.2. The molecule has 2 fully saturated rings. The zero-order chi connectivity index (χ0) is 21.0. The number of benzene rings is 1. The first-order valence-electron chi connectivity index (χ1n) is 10.6. The van der Waals surface area contributed by atoms with Gasteiger partial charge in [-0.25, -0.2) is 4.79 Å². The van der Waals surface area contributed by atoms with Gasteiger partial charge in [0.15, 0.2) is 0 Å². The molecule has 1 saturated carbocycles. The van der Waals surface area contributed by atoms with Crippen LogP contribution in [0.25, 0.3) is 0 Å². The number of nitrogens with zero attached hydrogens (tertiary/aromatic N) is 1. The van der Waals surface area contributed by atoms with Crippen molar-refractivity contribution >= 4 is 12.0 Å². The van der Waals surface area contributed by atoms with Gasteiger partial charge in [0.05, 0.1) is 6.61 Å². The molecule has 2 amide bonds.